The highest BCUT2D eigenvalue weighted by atomic mass is 31.2. The largest absolute Gasteiger partial charge is 0.497 e. The number of methoxy groups -OCH3 is 2. The van der Waals surface area contributed by atoms with Gasteiger partial charge in [0.25, 0.3) is 8.53 Å². The number of phosphoric acid groups is 1. The van der Waals surface area contributed by atoms with Crippen molar-refractivity contribution < 1.29 is 50.9 Å². The lowest BCUT2D eigenvalue weighted by atomic mass is 9.80. The zero-order valence-corrected chi connectivity index (χ0v) is 38.3. The van der Waals surface area contributed by atoms with E-state index in [2.05, 4.69) is 43.3 Å². The van der Waals surface area contributed by atoms with Gasteiger partial charge in [0.05, 0.1) is 64.8 Å². The molecule has 14 nitrogen and oxygen atoms in total. The Hall–Kier alpha value is -3.46. The second kappa shape index (κ2) is 23.3. The molecule has 0 aliphatic carbocycles. The molecule has 2 aliphatic rings. The minimum atomic E-state index is -4.34. The van der Waals surface area contributed by atoms with E-state index in [9.17, 15) is 9.83 Å². The van der Waals surface area contributed by atoms with Crippen molar-refractivity contribution in [3.63, 3.8) is 0 Å². The fourth-order valence-electron chi connectivity index (χ4n) is 7.67. The molecule has 3 aromatic rings. The van der Waals surface area contributed by atoms with Crippen LogP contribution in [0.3, 0.4) is 0 Å². The molecule has 0 saturated carbocycles. The van der Waals surface area contributed by atoms with Crippen LogP contribution in [0.15, 0.2) is 78.9 Å². The number of hydrogen-bond acceptors (Lipinski definition) is 13. The van der Waals surface area contributed by atoms with Crippen LogP contribution in [0.25, 0.3) is 4.85 Å². The number of hydrogen-bond donors (Lipinski definition) is 0. The van der Waals surface area contributed by atoms with Crippen molar-refractivity contribution in [3.05, 3.63) is 107 Å². The second-order valence-electron chi connectivity index (χ2n) is 15.5. The lowest BCUT2D eigenvalue weighted by molar-refractivity contribution is -0.0820. The van der Waals surface area contributed by atoms with E-state index in [-0.39, 0.29) is 63.7 Å². The van der Waals surface area contributed by atoms with Crippen LogP contribution >= 0.6 is 16.3 Å². The summed E-state index contributed by atoms with van der Waals surface area (Å²) in [5, 5.41) is 9.19. The van der Waals surface area contributed by atoms with Crippen molar-refractivity contribution in [2.75, 3.05) is 47.2 Å². The summed E-state index contributed by atoms with van der Waals surface area (Å²) in [7, 11) is -2.67. The molecule has 2 aliphatic heterocycles. The molecule has 0 spiro atoms. The Morgan fingerprint density at radius 1 is 0.820 bits per heavy atom. The van der Waals surface area contributed by atoms with E-state index in [1.807, 2.05) is 92.7 Å². The van der Waals surface area contributed by atoms with Crippen LogP contribution in [0.5, 0.6) is 11.5 Å². The van der Waals surface area contributed by atoms with Gasteiger partial charge in [-0.05, 0) is 82.5 Å². The van der Waals surface area contributed by atoms with Gasteiger partial charge >= 0.3 is 7.82 Å². The Balaban J connectivity index is 1.40. The maximum absolute atomic E-state index is 14.7. The van der Waals surface area contributed by atoms with E-state index in [1.54, 1.807) is 14.2 Å². The van der Waals surface area contributed by atoms with Crippen molar-refractivity contribution in [2.45, 2.75) is 115 Å². The average molecular weight is 882 g/mol. The summed E-state index contributed by atoms with van der Waals surface area (Å²) in [6, 6.07) is 27.7. The molecule has 2 fully saturated rings. The van der Waals surface area contributed by atoms with Gasteiger partial charge in [-0.25, -0.2) is 15.8 Å². The molecule has 5 rings (SSSR count). The van der Waals surface area contributed by atoms with Gasteiger partial charge in [0.2, 0.25) is 6.54 Å². The zero-order valence-electron chi connectivity index (χ0n) is 36.5. The maximum Gasteiger partial charge on any atom is 0.475 e. The molecule has 8 atom stereocenters. The number of nitriles is 1. The van der Waals surface area contributed by atoms with E-state index in [4.69, 9.17) is 52.9 Å². The zero-order chi connectivity index (χ0) is 44.0. The molecular formula is C45H61N3O11P2. The van der Waals surface area contributed by atoms with Gasteiger partial charge in [0.15, 0.2) is 0 Å². The Kier molecular flexibility index (Phi) is 18.5. The smallest absolute Gasteiger partial charge is 0.475 e. The molecule has 2 saturated heterocycles. The summed E-state index contributed by atoms with van der Waals surface area (Å²) >= 11 is 0. The van der Waals surface area contributed by atoms with Crippen LogP contribution in [0.2, 0.25) is 0 Å². The number of rotatable bonds is 24. The van der Waals surface area contributed by atoms with E-state index >= 15 is 0 Å². The number of benzene rings is 3. The molecule has 0 N–H and O–H groups in total. The molecule has 0 bridgehead atoms. The Morgan fingerprint density at radius 3 is 1.89 bits per heavy atom. The van der Waals surface area contributed by atoms with Crippen LogP contribution in [-0.2, 0) is 47.0 Å². The van der Waals surface area contributed by atoms with E-state index in [0.717, 1.165) is 16.7 Å². The van der Waals surface area contributed by atoms with Crippen LogP contribution < -0.4 is 9.47 Å². The standard InChI is InChI=1S/C45H61N3O11P2/c1-32(2)48(33(3)4)60(53-26-13-24-46)58-41-28-34(5)57-44(41)31-55-61(49,54-27-25-47-7)59-42-29-35(6)56-43(42)30-52-45(36-14-11-10-12-15-36,37-16-20-39(50-8)21-17-37)38-18-22-40(51-9)23-19-38/h10-12,14-23,32-35,41-44H,13,25-31H2,1-6,8-9H3/t34-,35-,41?,42?,43+,44+,60?,61?/m0/s1. The number of phosphoric ester groups is 1. The minimum Gasteiger partial charge on any atom is -0.497 e. The van der Waals surface area contributed by atoms with Crippen LogP contribution in [-0.4, -0.2) is 101 Å². The third-order valence-electron chi connectivity index (χ3n) is 10.4. The quantitative estimate of drug-likeness (QED) is 0.0366. The third kappa shape index (κ3) is 12.8. The highest BCUT2D eigenvalue weighted by Crippen LogP contribution is 2.54. The number of nitrogens with zero attached hydrogens (tertiary/aromatic N) is 3. The summed E-state index contributed by atoms with van der Waals surface area (Å²) in [6.07, 6.45) is -1.88. The van der Waals surface area contributed by atoms with Crippen LogP contribution in [0.1, 0.15) is 77.5 Å². The first-order chi connectivity index (χ1) is 29.4. The molecule has 16 heteroatoms. The SMILES string of the molecule is [C-]#[N+]CCOP(=O)(OC[C@H]1O[C@@H](C)CC1OP(OCCC#N)N(C(C)C)C(C)C)OC1C[C@H](C)O[C@@H]1COC(c1ccccc1)(c1ccc(OC)cc1)c1ccc(OC)cc1. The van der Waals surface area contributed by atoms with E-state index < -0.39 is 46.4 Å². The molecule has 3 aromatic carbocycles. The minimum absolute atomic E-state index is 0.0285. The van der Waals surface area contributed by atoms with Gasteiger partial charge in [-0.2, -0.15) is 5.26 Å². The monoisotopic (exact) mass is 881 g/mol. The predicted octanol–water partition coefficient (Wildman–Crippen LogP) is 9.47. The fraction of sp³-hybridized carbons (Fsp3) is 0.556. The van der Waals surface area contributed by atoms with E-state index in [1.165, 1.54) is 0 Å². The maximum atomic E-state index is 14.7. The van der Waals surface area contributed by atoms with Crippen LogP contribution in [0.4, 0.5) is 0 Å². The molecule has 332 valence electrons. The predicted molar refractivity (Wildman–Crippen MR) is 232 cm³/mol. The summed E-state index contributed by atoms with van der Waals surface area (Å²) in [5.74, 6) is 1.40. The first kappa shape index (κ1) is 48.6. The van der Waals surface area contributed by atoms with Crippen LogP contribution in [0, 0.1) is 17.9 Å². The molecule has 0 aromatic heterocycles. The van der Waals surface area contributed by atoms with E-state index in [0.29, 0.717) is 24.3 Å². The highest BCUT2D eigenvalue weighted by molar-refractivity contribution is 7.48. The summed E-state index contributed by atoms with van der Waals surface area (Å²) < 4.78 is 78.7. The van der Waals surface area contributed by atoms with Crippen molar-refractivity contribution in [3.8, 4) is 17.6 Å². The Bertz CT molecular complexity index is 1850. The average Bonchev–Trinajstić information content (AvgIpc) is 3.79. The van der Waals surface area contributed by atoms with Gasteiger partial charge in [-0.3, -0.25) is 13.6 Å². The van der Waals surface area contributed by atoms with Crippen molar-refractivity contribution in [1.82, 2.24) is 4.67 Å². The summed E-state index contributed by atoms with van der Waals surface area (Å²) in [6.45, 7) is 19.3. The summed E-state index contributed by atoms with van der Waals surface area (Å²) in [5.41, 5.74) is 1.43. The lowest BCUT2D eigenvalue weighted by Gasteiger charge is -2.37. The highest BCUT2D eigenvalue weighted by Gasteiger charge is 2.46. The molecular weight excluding hydrogens is 820 g/mol. The third-order valence-corrected chi connectivity index (χ3v) is 14.1. The van der Waals surface area contributed by atoms with Crippen molar-refractivity contribution in [2.24, 2.45) is 0 Å². The summed E-state index contributed by atoms with van der Waals surface area (Å²) in [4.78, 5) is 3.38. The second-order valence-corrected chi connectivity index (χ2v) is 18.6. The molecule has 0 amide bonds. The lowest BCUT2D eigenvalue weighted by Crippen LogP contribution is -2.38. The first-order valence-electron chi connectivity index (χ1n) is 20.8. The van der Waals surface area contributed by atoms with Crippen molar-refractivity contribution >= 4 is 16.3 Å². The Labute approximate surface area is 363 Å². The topological polar surface area (TPSA) is 141 Å². The molecule has 61 heavy (non-hydrogen) atoms. The van der Waals surface area contributed by atoms with Crippen molar-refractivity contribution in [1.29, 1.82) is 5.26 Å². The van der Waals surface area contributed by atoms with Gasteiger partial charge in [0.1, 0.15) is 42.0 Å². The molecule has 4 unspecified atom stereocenters. The van der Waals surface area contributed by atoms with Gasteiger partial charge in [0, 0.05) is 24.9 Å². The van der Waals surface area contributed by atoms with Gasteiger partial charge in [-0.1, -0.05) is 54.6 Å². The first-order valence-corrected chi connectivity index (χ1v) is 23.4. The number of ether oxygens (including phenoxy) is 5. The van der Waals surface area contributed by atoms with Gasteiger partial charge in [-0.15, -0.1) is 0 Å². The normalized spacial score (nSPS) is 23.2. The Morgan fingerprint density at radius 2 is 1.36 bits per heavy atom. The molecule has 2 heterocycles. The van der Waals surface area contributed by atoms with Gasteiger partial charge < -0.3 is 37.6 Å². The molecule has 0 radical (unpaired) electrons. The fourth-order valence-corrected chi connectivity index (χ4v) is 10.8.